The van der Waals surface area contributed by atoms with Gasteiger partial charge >= 0.3 is 11.9 Å². The lowest BCUT2D eigenvalue weighted by molar-refractivity contribution is -0.160. The van der Waals surface area contributed by atoms with E-state index in [1.165, 1.54) is 12.1 Å². The van der Waals surface area contributed by atoms with E-state index in [-0.39, 0.29) is 24.5 Å². The third-order valence-electron chi connectivity index (χ3n) is 3.23. The quantitative estimate of drug-likeness (QED) is 0.679. The first-order valence-electron chi connectivity index (χ1n) is 7.51. The number of carbonyl (C=O) groups is 2. The van der Waals surface area contributed by atoms with Crippen LogP contribution < -0.4 is 9.46 Å². The number of sulfonamides is 1. The Bertz CT molecular complexity index is 684. The van der Waals surface area contributed by atoms with Gasteiger partial charge in [0.2, 0.25) is 16.1 Å². The Labute approximate surface area is 140 Å². The smallest absolute Gasteiger partial charge is 0.347 e. The second-order valence-corrected chi connectivity index (χ2v) is 6.75. The zero-order chi connectivity index (χ0) is 17.6. The largest absolute Gasteiger partial charge is 0.494 e. The minimum Gasteiger partial charge on any atom is -0.494 e. The van der Waals surface area contributed by atoms with Crippen LogP contribution in [0, 0.1) is 0 Å². The molecule has 1 aromatic carbocycles. The number of nitrogens with one attached hydrogen (secondary N) is 1. The fourth-order valence-electron chi connectivity index (χ4n) is 2.05. The molecule has 1 atom stereocenters. The summed E-state index contributed by atoms with van der Waals surface area (Å²) in [5.74, 6) is -0.657. The van der Waals surface area contributed by atoms with Crippen LogP contribution >= 0.6 is 0 Å². The van der Waals surface area contributed by atoms with E-state index in [0.717, 1.165) is 0 Å². The predicted octanol–water partition coefficient (Wildman–Crippen LogP) is 0.612. The molecule has 0 bridgehead atoms. The topological polar surface area (TPSA) is 108 Å². The van der Waals surface area contributed by atoms with Crippen molar-refractivity contribution in [3.8, 4) is 5.75 Å². The Morgan fingerprint density at radius 3 is 2.62 bits per heavy atom. The van der Waals surface area contributed by atoms with Crippen LogP contribution in [0.25, 0.3) is 0 Å². The van der Waals surface area contributed by atoms with Crippen LogP contribution in [0.15, 0.2) is 29.2 Å². The Hall–Kier alpha value is -2.13. The monoisotopic (exact) mass is 357 g/mol. The van der Waals surface area contributed by atoms with E-state index in [1.54, 1.807) is 12.1 Å². The molecule has 1 aliphatic rings. The van der Waals surface area contributed by atoms with Gasteiger partial charge < -0.3 is 14.2 Å². The Morgan fingerprint density at radius 1 is 1.33 bits per heavy atom. The number of cyclic esters (lactones) is 1. The summed E-state index contributed by atoms with van der Waals surface area (Å²) in [7, 11) is -3.73. The normalized spacial score (nSPS) is 17.4. The van der Waals surface area contributed by atoms with Crippen molar-refractivity contribution in [3.05, 3.63) is 24.3 Å². The molecule has 8 nitrogen and oxygen atoms in total. The fourth-order valence-corrected chi connectivity index (χ4v) is 3.09. The maximum Gasteiger partial charge on any atom is 0.347 e. The molecule has 1 aromatic rings. The van der Waals surface area contributed by atoms with Crippen molar-refractivity contribution in [2.45, 2.75) is 30.8 Å². The van der Waals surface area contributed by atoms with E-state index < -0.39 is 28.1 Å². The van der Waals surface area contributed by atoms with Gasteiger partial charge in [-0.25, -0.2) is 17.9 Å². The zero-order valence-electron chi connectivity index (χ0n) is 13.2. The second kappa shape index (κ2) is 8.11. The van der Waals surface area contributed by atoms with Crippen LogP contribution in [-0.4, -0.2) is 46.2 Å². The van der Waals surface area contributed by atoms with Gasteiger partial charge in [-0.2, -0.15) is 0 Å². The van der Waals surface area contributed by atoms with Gasteiger partial charge in [0, 0.05) is 13.0 Å². The molecule has 2 rings (SSSR count). The minimum atomic E-state index is -3.73. The zero-order valence-corrected chi connectivity index (χ0v) is 14.0. The Morgan fingerprint density at radius 2 is 2.04 bits per heavy atom. The summed E-state index contributed by atoms with van der Waals surface area (Å²) in [5, 5.41) is 0. The highest BCUT2D eigenvalue weighted by molar-refractivity contribution is 7.89. The van der Waals surface area contributed by atoms with E-state index in [9.17, 15) is 18.0 Å². The van der Waals surface area contributed by atoms with Crippen molar-refractivity contribution < 1.29 is 32.2 Å². The third kappa shape index (κ3) is 4.93. The highest BCUT2D eigenvalue weighted by Crippen LogP contribution is 2.16. The highest BCUT2D eigenvalue weighted by atomic mass is 32.2. The van der Waals surface area contributed by atoms with Gasteiger partial charge in [-0.05, 0) is 31.2 Å². The molecule has 0 aromatic heterocycles. The second-order valence-electron chi connectivity index (χ2n) is 4.99. The molecule has 24 heavy (non-hydrogen) atoms. The molecule has 0 saturated carbocycles. The van der Waals surface area contributed by atoms with Crippen LogP contribution in [0.3, 0.4) is 0 Å². The summed E-state index contributed by atoms with van der Waals surface area (Å²) < 4.78 is 41.3. The van der Waals surface area contributed by atoms with Gasteiger partial charge in [0.25, 0.3) is 0 Å². The van der Waals surface area contributed by atoms with Gasteiger partial charge in [-0.15, -0.1) is 0 Å². The lowest BCUT2D eigenvalue weighted by Crippen LogP contribution is -2.29. The third-order valence-corrected chi connectivity index (χ3v) is 4.70. The summed E-state index contributed by atoms with van der Waals surface area (Å²) >= 11 is 0. The standard InChI is InChI=1S/C15H19NO7S/c1-2-21-11-3-5-12(6-4-11)24(19,20)16-9-7-14(17)23-13-8-10-22-15(13)18/h3-6,13,16H,2,7-10H2,1H3. The molecular formula is C15H19NO7S. The Kier molecular flexibility index (Phi) is 6.16. The van der Waals surface area contributed by atoms with Crippen LogP contribution in [-0.2, 0) is 29.1 Å². The molecule has 0 spiro atoms. The van der Waals surface area contributed by atoms with Crippen molar-refractivity contribution >= 4 is 22.0 Å². The fraction of sp³-hybridized carbons (Fsp3) is 0.467. The van der Waals surface area contributed by atoms with Gasteiger partial charge in [0.05, 0.1) is 24.5 Å². The van der Waals surface area contributed by atoms with Gasteiger partial charge in [0.1, 0.15) is 5.75 Å². The SMILES string of the molecule is CCOc1ccc(S(=O)(=O)NCCC(=O)OC2CCOC2=O)cc1. The molecule has 1 heterocycles. The van der Waals surface area contributed by atoms with E-state index in [1.807, 2.05) is 6.92 Å². The Balaban J connectivity index is 1.81. The van der Waals surface area contributed by atoms with Crippen LogP contribution in [0.5, 0.6) is 5.75 Å². The number of rotatable bonds is 8. The first-order chi connectivity index (χ1) is 11.4. The molecular weight excluding hydrogens is 338 g/mol. The lowest BCUT2D eigenvalue weighted by atomic mass is 10.3. The van der Waals surface area contributed by atoms with Crippen LogP contribution in [0.2, 0.25) is 0 Å². The van der Waals surface area contributed by atoms with E-state index in [4.69, 9.17) is 9.47 Å². The average Bonchev–Trinajstić information content (AvgIpc) is 2.93. The maximum absolute atomic E-state index is 12.1. The number of carbonyl (C=O) groups excluding carboxylic acids is 2. The molecule has 0 amide bonds. The number of ether oxygens (including phenoxy) is 3. The molecule has 1 aliphatic heterocycles. The molecule has 0 radical (unpaired) electrons. The molecule has 9 heteroatoms. The van der Waals surface area contributed by atoms with Gasteiger partial charge in [0.15, 0.2) is 0 Å². The first kappa shape index (κ1) is 18.2. The molecule has 1 unspecified atom stereocenters. The van der Waals surface area contributed by atoms with Gasteiger partial charge in [-0.3, -0.25) is 4.79 Å². The summed E-state index contributed by atoms with van der Waals surface area (Å²) in [6.07, 6.45) is -0.747. The van der Waals surface area contributed by atoms with Crippen molar-refractivity contribution in [3.63, 3.8) is 0 Å². The van der Waals surface area contributed by atoms with Crippen LogP contribution in [0.4, 0.5) is 0 Å². The summed E-state index contributed by atoms with van der Waals surface area (Å²) in [4.78, 5) is 22.9. The van der Waals surface area contributed by atoms with E-state index in [0.29, 0.717) is 18.8 Å². The molecule has 0 aliphatic carbocycles. The molecule has 1 saturated heterocycles. The minimum absolute atomic E-state index is 0.0682. The number of hydrogen-bond donors (Lipinski definition) is 1. The maximum atomic E-state index is 12.1. The van der Waals surface area contributed by atoms with Crippen molar-refractivity contribution in [1.29, 1.82) is 0 Å². The van der Waals surface area contributed by atoms with Crippen molar-refractivity contribution in [1.82, 2.24) is 4.72 Å². The molecule has 1 N–H and O–H groups in total. The first-order valence-corrected chi connectivity index (χ1v) is 8.99. The van der Waals surface area contributed by atoms with Crippen molar-refractivity contribution in [2.24, 2.45) is 0 Å². The lowest BCUT2D eigenvalue weighted by Gasteiger charge is -2.10. The summed E-state index contributed by atoms with van der Waals surface area (Å²) in [6.45, 7) is 2.41. The number of benzene rings is 1. The highest BCUT2D eigenvalue weighted by Gasteiger charge is 2.30. The predicted molar refractivity (Wildman–Crippen MR) is 82.9 cm³/mol. The average molecular weight is 357 g/mol. The number of esters is 2. The van der Waals surface area contributed by atoms with Gasteiger partial charge in [-0.1, -0.05) is 0 Å². The van der Waals surface area contributed by atoms with E-state index >= 15 is 0 Å². The molecule has 1 fully saturated rings. The van der Waals surface area contributed by atoms with Crippen molar-refractivity contribution in [2.75, 3.05) is 19.8 Å². The van der Waals surface area contributed by atoms with E-state index in [2.05, 4.69) is 9.46 Å². The van der Waals surface area contributed by atoms with Crippen LogP contribution in [0.1, 0.15) is 19.8 Å². The summed E-state index contributed by atoms with van der Waals surface area (Å²) in [6, 6.07) is 5.94. The molecule has 132 valence electrons. The number of hydrogen-bond acceptors (Lipinski definition) is 7. The summed E-state index contributed by atoms with van der Waals surface area (Å²) in [5.41, 5.74) is 0.